The third kappa shape index (κ3) is 2.91. The molecule has 0 bridgehead atoms. The number of hydrogen-bond donors (Lipinski definition) is 2. The maximum Gasteiger partial charge on any atom is 0.291 e. The first kappa shape index (κ1) is 13.1. The van der Waals surface area contributed by atoms with Gasteiger partial charge in [0, 0.05) is 9.26 Å². The van der Waals surface area contributed by atoms with Crippen molar-refractivity contribution >= 4 is 34.2 Å². The van der Waals surface area contributed by atoms with Crippen LogP contribution in [0.25, 0.3) is 0 Å². The van der Waals surface area contributed by atoms with Crippen LogP contribution < -0.4 is 11.1 Å². The second kappa shape index (κ2) is 5.53. The molecule has 0 radical (unpaired) electrons. The molecule has 4 nitrogen and oxygen atoms in total. The van der Waals surface area contributed by atoms with Crippen LogP contribution >= 0.6 is 22.6 Å². The van der Waals surface area contributed by atoms with Crippen LogP contribution in [-0.4, -0.2) is 5.91 Å². The Labute approximate surface area is 119 Å². The molecule has 0 spiro atoms. The lowest BCUT2D eigenvalue weighted by Crippen LogP contribution is -2.12. The Bertz CT molecular complexity index is 578. The quantitative estimate of drug-likeness (QED) is 0.831. The first-order chi connectivity index (χ1) is 8.60. The summed E-state index contributed by atoms with van der Waals surface area (Å²) in [4.78, 5) is 11.9. The Hall–Kier alpha value is -1.34. The molecule has 0 atom stereocenters. The van der Waals surface area contributed by atoms with Gasteiger partial charge >= 0.3 is 0 Å². The van der Waals surface area contributed by atoms with Crippen molar-refractivity contribution in [2.24, 2.45) is 5.73 Å². The van der Waals surface area contributed by atoms with E-state index in [1.165, 1.54) is 0 Å². The van der Waals surface area contributed by atoms with Crippen molar-refractivity contribution in [3.05, 3.63) is 51.0 Å². The smallest absolute Gasteiger partial charge is 0.291 e. The van der Waals surface area contributed by atoms with E-state index >= 15 is 0 Å². The number of furan rings is 1. The van der Waals surface area contributed by atoms with E-state index in [0.29, 0.717) is 5.76 Å². The SMILES string of the molecule is Cc1cc(I)ccc1NC(=O)c1ccc(CN)o1. The molecular weight excluding hydrogens is 343 g/mol. The lowest BCUT2D eigenvalue weighted by Gasteiger charge is -2.07. The van der Waals surface area contributed by atoms with Crippen molar-refractivity contribution in [3.63, 3.8) is 0 Å². The molecule has 1 amide bonds. The van der Waals surface area contributed by atoms with E-state index in [0.717, 1.165) is 14.8 Å². The van der Waals surface area contributed by atoms with Gasteiger partial charge in [0.15, 0.2) is 5.76 Å². The fourth-order valence-corrected chi connectivity index (χ4v) is 2.21. The summed E-state index contributed by atoms with van der Waals surface area (Å²) in [5, 5.41) is 2.81. The summed E-state index contributed by atoms with van der Waals surface area (Å²) in [5.74, 6) is 0.604. The van der Waals surface area contributed by atoms with Crippen LogP contribution in [0.5, 0.6) is 0 Å². The van der Waals surface area contributed by atoms with Gasteiger partial charge in [0.2, 0.25) is 0 Å². The first-order valence-electron chi connectivity index (χ1n) is 5.46. The van der Waals surface area contributed by atoms with Crippen molar-refractivity contribution < 1.29 is 9.21 Å². The van der Waals surface area contributed by atoms with Gasteiger partial charge in [-0.2, -0.15) is 0 Å². The number of carbonyl (C=O) groups excluding carboxylic acids is 1. The fourth-order valence-electron chi connectivity index (χ4n) is 1.56. The van der Waals surface area contributed by atoms with E-state index in [-0.39, 0.29) is 18.2 Å². The number of aryl methyl sites for hydroxylation is 1. The highest BCUT2D eigenvalue weighted by atomic mass is 127. The molecule has 5 heteroatoms. The summed E-state index contributed by atoms with van der Waals surface area (Å²) < 4.78 is 6.42. The Balaban J connectivity index is 2.16. The molecule has 1 aromatic carbocycles. The summed E-state index contributed by atoms with van der Waals surface area (Å²) in [5.41, 5.74) is 7.23. The summed E-state index contributed by atoms with van der Waals surface area (Å²) in [6.45, 7) is 2.24. The summed E-state index contributed by atoms with van der Waals surface area (Å²) in [6.07, 6.45) is 0. The molecule has 1 heterocycles. The summed E-state index contributed by atoms with van der Waals surface area (Å²) in [7, 11) is 0. The van der Waals surface area contributed by atoms with Crippen LogP contribution in [0.3, 0.4) is 0 Å². The molecule has 0 aliphatic rings. The number of hydrogen-bond acceptors (Lipinski definition) is 3. The number of amides is 1. The van der Waals surface area contributed by atoms with Crippen LogP contribution in [-0.2, 0) is 6.54 Å². The maximum atomic E-state index is 11.9. The van der Waals surface area contributed by atoms with E-state index < -0.39 is 0 Å². The Morgan fingerprint density at radius 1 is 1.39 bits per heavy atom. The van der Waals surface area contributed by atoms with Gasteiger partial charge < -0.3 is 15.5 Å². The minimum absolute atomic E-state index is 0.265. The molecule has 18 heavy (non-hydrogen) atoms. The zero-order chi connectivity index (χ0) is 13.1. The average Bonchev–Trinajstić information content (AvgIpc) is 2.81. The average molecular weight is 356 g/mol. The molecule has 0 unspecified atom stereocenters. The molecule has 2 aromatic rings. The molecule has 0 aliphatic carbocycles. The highest BCUT2D eigenvalue weighted by Gasteiger charge is 2.12. The molecule has 2 rings (SSSR count). The van der Waals surface area contributed by atoms with Gasteiger partial charge in [-0.05, 0) is 65.4 Å². The highest BCUT2D eigenvalue weighted by Crippen LogP contribution is 2.19. The zero-order valence-corrected chi connectivity index (χ0v) is 12.0. The number of nitrogens with one attached hydrogen (secondary N) is 1. The summed E-state index contributed by atoms with van der Waals surface area (Å²) >= 11 is 2.23. The molecule has 0 saturated carbocycles. The third-order valence-corrected chi connectivity index (χ3v) is 3.19. The molecule has 0 aliphatic heterocycles. The predicted octanol–water partition coefficient (Wildman–Crippen LogP) is 2.90. The van der Waals surface area contributed by atoms with Crippen LogP contribution in [0.4, 0.5) is 5.69 Å². The van der Waals surface area contributed by atoms with E-state index in [1.54, 1.807) is 12.1 Å². The Morgan fingerprint density at radius 3 is 2.78 bits per heavy atom. The van der Waals surface area contributed by atoms with Gasteiger partial charge in [-0.3, -0.25) is 4.79 Å². The van der Waals surface area contributed by atoms with Crippen molar-refractivity contribution in [2.45, 2.75) is 13.5 Å². The Kier molecular flexibility index (Phi) is 4.03. The number of rotatable bonds is 3. The van der Waals surface area contributed by atoms with E-state index in [2.05, 4.69) is 27.9 Å². The molecule has 1 aromatic heterocycles. The van der Waals surface area contributed by atoms with Gasteiger partial charge in [-0.25, -0.2) is 0 Å². The second-order valence-corrected chi connectivity index (χ2v) is 5.13. The molecule has 3 N–H and O–H groups in total. The lowest BCUT2D eigenvalue weighted by molar-refractivity contribution is 0.0995. The standard InChI is InChI=1S/C13H13IN2O2/c1-8-6-9(14)2-4-11(8)16-13(17)12-5-3-10(7-15)18-12/h2-6H,7,15H2,1H3,(H,16,17). The largest absolute Gasteiger partial charge is 0.455 e. The number of carbonyl (C=O) groups is 1. The van der Waals surface area contributed by atoms with Crippen molar-refractivity contribution in [1.82, 2.24) is 0 Å². The van der Waals surface area contributed by atoms with E-state index in [1.807, 2.05) is 25.1 Å². The monoisotopic (exact) mass is 356 g/mol. The van der Waals surface area contributed by atoms with E-state index in [4.69, 9.17) is 10.2 Å². The number of halogens is 1. The first-order valence-corrected chi connectivity index (χ1v) is 6.54. The third-order valence-electron chi connectivity index (χ3n) is 2.52. The maximum absolute atomic E-state index is 11.9. The van der Waals surface area contributed by atoms with Crippen molar-refractivity contribution in [2.75, 3.05) is 5.32 Å². The minimum atomic E-state index is -0.265. The summed E-state index contributed by atoms with van der Waals surface area (Å²) in [6, 6.07) is 9.15. The lowest BCUT2D eigenvalue weighted by atomic mass is 10.2. The van der Waals surface area contributed by atoms with Gasteiger partial charge in [-0.1, -0.05) is 0 Å². The van der Waals surface area contributed by atoms with Gasteiger partial charge in [0.25, 0.3) is 5.91 Å². The van der Waals surface area contributed by atoms with Crippen LogP contribution in [0.2, 0.25) is 0 Å². The number of anilines is 1. The van der Waals surface area contributed by atoms with Crippen molar-refractivity contribution in [1.29, 1.82) is 0 Å². The van der Waals surface area contributed by atoms with E-state index in [9.17, 15) is 4.79 Å². The van der Waals surface area contributed by atoms with Gasteiger partial charge in [0.1, 0.15) is 5.76 Å². The topological polar surface area (TPSA) is 68.3 Å². The highest BCUT2D eigenvalue weighted by molar-refractivity contribution is 14.1. The van der Waals surface area contributed by atoms with Gasteiger partial charge in [0.05, 0.1) is 6.54 Å². The molecule has 0 saturated heterocycles. The minimum Gasteiger partial charge on any atom is -0.455 e. The normalized spacial score (nSPS) is 10.4. The predicted molar refractivity (Wildman–Crippen MR) is 78.4 cm³/mol. The van der Waals surface area contributed by atoms with Gasteiger partial charge in [-0.15, -0.1) is 0 Å². The van der Waals surface area contributed by atoms with Crippen molar-refractivity contribution in [3.8, 4) is 0 Å². The number of nitrogens with two attached hydrogens (primary N) is 1. The van der Waals surface area contributed by atoms with Crippen LogP contribution in [0.15, 0.2) is 34.7 Å². The van der Waals surface area contributed by atoms with Crippen LogP contribution in [0, 0.1) is 10.5 Å². The number of benzene rings is 1. The molecular formula is C13H13IN2O2. The fraction of sp³-hybridized carbons (Fsp3) is 0.154. The zero-order valence-electron chi connectivity index (χ0n) is 9.87. The Morgan fingerprint density at radius 2 is 2.17 bits per heavy atom. The molecule has 0 fully saturated rings. The second-order valence-electron chi connectivity index (χ2n) is 3.88. The molecule has 94 valence electrons. The van der Waals surface area contributed by atoms with Crippen LogP contribution in [0.1, 0.15) is 21.9 Å².